The number of aryl methyl sites for hydroxylation is 1. The van der Waals surface area contributed by atoms with Gasteiger partial charge in [-0.2, -0.15) is 0 Å². The Morgan fingerprint density at radius 3 is 2.61 bits per heavy atom. The minimum atomic E-state index is -3.13. The highest BCUT2D eigenvalue weighted by molar-refractivity contribution is 7.88. The average molecular weight is 337 g/mol. The van der Waals surface area contributed by atoms with Crippen LogP contribution in [-0.2, 0) is 10.0 Å². The molecule has 2 aromatic rings. The maximum Gasteiger partial charge on any atom is 0.208 e. The van der Waals surface area contributed by atoms with Crippen molar-refractivity contribution in [1.82, 2.24) is 19.7 Å². The number of aromatic nitrogens is 3. The topological polar surface area (TPSA) is 91.0 Å². The number of hydrogen-bond acceptors (Lipinski definition) is 5. The minimum Gasteiger partial charge on any atom is -0.356 e. The fraction of sp³-hybridized carbons (Fsp3) is 0.600. The molecule has 8 heteroatoms. The van der Waals surface area contributed by atoms with Crippen LogP contribution in [0.3, 0.4) is 0 Å². The van der Waals surface area contributed by atoms with Crippen molar-refractivity contribution < 1.29 is 8.42 Å². The Kier molecular flexibility index (Phi) is 4.29. The van der Waals surface area contributed by atoms with Gasteiger partial charge in [-0.15, -0.1) is 0 Å². The number of anilines is 1. The van der Waals surface area contributed by atoms with E-state index in [4.69, 9.17) is 0 Å². The lowest BCUT2D eigenvalue weighted by Crippen LogP contribution is -2.42. The standard InChI is InChI=1S/C15H23N5O2S/c1-10-17-14-13(8-9-16-14)15(18-10)20(2)12-6-4-11(5-7-12)19-23(3,21)22/h8-9,11-12,19H,4-7H2,1-3H3,(H,16,17,18)/t11-,12-. The van der Waals surface area contributed by atoms with E-state index in [9.17, 15) is 8.42 Å². The number of nitrogens with one attached hydrogen (secondary N) is 2. The van der Waals surface area contributed by atoms with Crippen LogP contribution in [-0.4, -0.2) is 48.8 Å². The molecule has 0 aliphatic heterocycles. The number of H-pyrrole nitrogens is 1. The first-order chi connectivity index (χ1) is 10.8. The number of aromatic amines is 1. The molecule has 1 aliphatic rings. The Morgan fingerprint density at radius 2 is 1.96 bits per heavy atom. The Morgan fingerprint density at radius 1 is 1.26 bits per heavy atom. The third kappa shape index (κ3) is 3.64. The van der Waals surface area contributed by atoms with Crippen LogP contribution in [0.5, 0.6) is 0 Å². The minimum absolute atomic E-state index is 0.0501. The maximum absolute atomic E-state index is 11.3. The summed E-state index contributed by atoms with van der Waals surface area (Å²) in [6.45, 7) is 1.89. The molecule has 0 saturated heterocycles. The van der Waals surface area contributed by atoms with Crippen molar-refractivity contribution in [3.63, 3.8) is 0 Å². The SMILES string of the molecule is Cc1nc(N(C)[C@H]2CC[C@H](NS(C)(=O)=O)CC2)c2cc[nH]c2n1. The third-order valence-corrected chi connectivity index (χ3v) is 5.23. The van der Waals surface area contributed by atoms with E-state index in [-0.39, 0.29) is 6.04 Å². The van der Waals surface area contributed by atoms with E-state index in [1.54, 1.807) is 0 Å². The van der Waals surface area contributed by atoms with Crippen molar-refractivity contribution in [1.29, 1.82) is 0 Å². The zero-order valence-corrected chi connectivity index (χ0v) is 14.5. The van der Waals surface area contributed by atoms with Gasteiger partial charge in [0.1, 0.15) is 17.3 Å². The first-order valence-corrected chi connectivity index (χ1v) is 9.74. The van der Waals surface area contributed by atoms with E-state index in [1.807, 2.05) is 19.2 Å². The molecule has 0 amide bonds. The average Bonchev–Trinajstić information content (AvgIpc) is 2.93. The zero-order valence-electron chi connectivity index (χ0n) is 13.7. The summed E-state index contributed by atoms with van der Waals surface area (Å²) in [6.07, 6.45) is 6.68. The van der Waals surface area contributed by atoms with E-state index in [0.29, 0.717) is 6.04 Å². The fourth-order valence-electron chi connectivity index (χ4n) is 3.36. The predicted octanol–water partition coefficient (Wildman–Crippen LogP) is 1.56. The van der Waals surface area contributed by atoms with Crippen LogP contribution in [0.25, 0.3) is 11.0 Å². The zero-order chi connectivity index (χ0) is 16.6. The summed E-state index contributed by atoms with van der Waals surface area (Å²) in [4.78, 5) is 14.4. The molecule has 0 unspecified atom stereocenters. The van der Waals surface area contributed by atoms with Gasteiger partial charge in [0.15, 0.2) is 0 Å². The van der Waals surface area contributed by atoms with Crippen molar-refractivity contribution in [2.24, 2.45) is 0 Å². The van der Waals surface area contributed by atoms with Crippen LogP contribution in [0.15, 0.2) is 12.3 Å². The second kappa shape index (κ2) is 6.09. The lowest BCUT2D eigenvalue weighted by atomic mass is 9.91. The highest BCUT2D eigenvalue weighted by Gasteiger charge is 2.27. The van der Waals surface area contributed by atoms with E-state index in [0.717, 1.165) is 48.4 Å². The van der Waals surface area contributed by atoms with Crippen molar-refractivity contribution in [2.45, 2.75) is 44.7 Å². The van der Waals surface area contributed by atoms with Gasteiger partial charge in [-0.1, -0.05) is 0 Å². The molecule has 7 nitrogen and oxygen atoms in total. The number of hydrogen-bond donors (Lipinski definition) is 2. The van der Waals surface area contributed by atoms with Crippen LogP contribution in [0.2, 0.25) is 0 Å². The number of nitrogens with zero attached hydrogens (tertiary/aromatic N) is 3. The Hall–Kier alpha value is -1.67. The van der Waals surface area contributed by atoms with Gasteiger partial charge in [-0.25, -0.2) is 23.1 Å². The summed E-state index contributed by atoms with van der Waals surface area (Å²) in [7, 11) is -1.07. The van der Waals surface area contributed by atoms with Gasteiger partial charge in [0.25, 0.3) is 0 Å². The largest absolute Gasteiger partial charge is 0.356 e. The summed E-state index contributed by atoms with van der Waals surface area (Å²) in [5.41, 5.74) is 0.853. The molecule has 0 radical (unpaired) electrons. The quantitative estimate of drug-likeness (QED) is 0.883. The first kappa shape index (κ1) is 16.2. The van der Waals surface area contributed by atoms with Crippen molar-refractivity contribution in [3.05, 3.63) is 18.1 Å². The summed E-state index contributed by atoms with van der Waals surface area (Å²) < 4.78 is 25.4. The lowest BCUT2D eigenvalue weighted by molar-refractivity contribution is 0.365. The molecule has 0 atom stereocenters. The Balaban J connectivity index is 1.74. The van der Waals surface area contributed by atoms with E-state index < -0.39 is 10.0 Å². The van der Waals surface area contributed by atoms with Crippen LogP contribution in [0.1, 0.15) is 31.5 Å². The van der Waals surface area contributed by atoms with Crippen molar-refractivity contribution in [3.8, 4) is 0 Å². The maximum atomic E-state index is 11.3. The van der Waals surface area contributed by atoms with Crippen LogP contribution in [0, 0.1) is 6.92 Å². The molecule has 3 rings (SSSR count). The van der Waals surface area contributed by atoms with Crippen LogP contribution < -0.4 is 9.62 Å². The fourth-order valence-corrected chi connectivity index (χ4v) is 4.20. The molecular weight excluding hydrogens is 314 g/mol. The van der Waals surface area contributed by atoms with E-state index in [1.165, 1.54) is 6.26 Å². The molecule has 2 N–H and O–H groups in total. The molecule has 1 saturated carbocycles. The number of fused-ring (bicyclic) bond motifs is 1. The first-order valence-electron chi connectivity index (χ1n) is 7.85. The monoisotopic (exact) mass is 337 g/mol. The molecule has 1 aliphatic carbocycles. The summed E-state index contributed by atoms with van der Waals surface area (Å²) in [6, 6.07) is 2.41. The molecule has 0 bridgehead atoms. The van der Waals surface area contributed by atoms with Gasteiger partial charge < -0.3 is 9.88 Å². The van der Waals surface area contributed by atoms with Crippen LogP contribution >= 0.6 is 0 Å². The highest BCUT2D eigenvalue weighted by atomic mass is 32.2. The van der Waals surface area contributed by atoms with Gasteiger partial charge in [-0.05, 0) is 38.7 Å². The van der Waals surface area contributed by atoms with E-state index in [2.05, 4.69) is 31.6 Å². The molecule has 23 heavy (non-hydrogen) atoms. The Labute approximate surface area is 136 Å². The van der Waals surface area contributed by atoms with Gasteiger partial charge >= 0.3 is 0 Å². The second-order valence-corrected chi connectivity index (χ2v) is 8.12. The van der Waals surface area contributed by atoms with Gasteiger partial charge in [0, 0.05) is 25.3 Å². The summed E-state index contributed by atoms with van der Waals surface area (Å²) >= 11 is 0. The number of rotatable bonds is 4. The third-order valence-electron chi connectivity index (χ3n) is 4.47. The summed E-state index contributed by atoms with van der Waals surface area (Å²) in [5.74, 6) is 1.68. The normalized spacial score (nSPS) is 22.4. The molecule has 2 aromatic heterocycles. The van der Waals surface area contributed by atoms with E-state index >= 15 is 0 Å². The molecule has 126 valence electrons. The smallest absolute Gasteiger partial charge is 0.208 e. The van der Waals surface area contributed by atoms with Gasteiger partial charge in [0.2, 0.25) is 10.0 Å². The molecular formula is C15H23N5O2S. The van der Waals surface area contributed by atoms with Gasteiger partial charge in [-0.3, -0.25) is 0 Å². The van der Waals surface area contributed by atoms with Crippen molar-refractivity contribution >= 4 is 26.9 Å². The molecule has 0 aromatic carbocycles. The highest BCUT2D eigenvalue weighted by Crippen LogP contribution is 2.29. The Bertz CT molecular complexity index is 793. The molecule has 2 heterocycles. The lowest BCUT2D eigenvalue weighted by Gasteiger charge is -2.35. The van der Waals surface area contributed by atoms with Crippen LogP contribution in [0.4, 0.5) is 5.82 Å². The predicted molar refractivity (Wildman–Crippen MR) is 91.1 cm³/mol. The van der Waals surface area contributed by atoms with Crippen molar-refractivity contribution in [2.75, 3.05) is 18.2 Å². The molecule has 1 fully saturated rings. The summed E-state index contributed by atoms with van der Waals surface area (Å²) in [5, 5.41) is 1.02. The number of sulfonamides is 1. The molecule has 0 spiro atoms. The van der Waals surface area contributed by atoms with Gasteiger partial charge in [0.05, 0.1) is 11.6 Å². The second-order valence-electron chi connectivity index (χ2n) is 6.34.